The molecule has 0 amide bonds. The monoisotopic (exact) mass is 288 g/mol. The van der Waals surface area contributed by atoms with E-state index >= 15 is 0 Å². The van der Waals surface area contributed by atoms with Crippen molar-refractivity contribution < 1.29 is 0 Å². The normalized spacial score (nSPS) is 13.8. The molecule has 17 heavy (non-hydrogen) atoms. The Hall–Kier alpha value is -0.296. The predicted molar refractivity (Wildman–Crippen MR) is 82.9 cm³/mol. The number of nitrogens with zero attached hydrogens (tertiary/aromatic N) is 4. The largest absolute Gasteiger partial charge is 0.353 e. The maximum absolute atomic E-state index is 8.98. The first-order valence-electron chi connectivity index (χ1n) is 5.63. The zero-order valence-corrected chi connectivity index (χ0v) is 15.0. The predicted octanol–water partition coefficient (Wildman–Crippen LogP) is 3.01. The third-order valence-electron chi connectivity index (χ3n) is 1.95. The topological polar surface area (TPSA) is 42.6 Å². The molecule has 0 aromatic carbocycles. The summed E-state index contributed by atoms with van der Waals surface area (Å²) < 4.78 is 6.84. The number of rotatable bonds is 4. The molecule has 0 heterocycles. The summed E-state index contributed by atoms with van der Waals surface area (Å²) in [4.78, 5) is 1.75. The average molecular weight is 289 g/mol. The SMILES string of the molecule is CN(C)/C(C#N)=N/SN([Si](C)(C)C)[Si](C)(C)C. The average Bonchev–Trinajstić information content (AvgIpc) is 2.07. The second kappa shape index (κ2) is 6.04. The third kappa shape index (κ3) is 5.72. The van der Waals surface area contributed by atoms with Gasteiger partial charge >= 0.3 is 0 Å². The van der Waals surface area contributed by atoms with Gasteiger partial charge in [-0.05, 0) is 0 Å². The molecule has 0 bridgehead atoms. The number of hydrogen-bond acceptors (Lipinski definition) is 4. The minimum atomic E-state index is -1.41. The molecule has 0 aliphatic rings. The van der Waals surface area contributed by atoms with Gasteiger partial charge in [-0.25, -0.2) is 0 Å². The van der Waals surface area contributed by atoms with Crippen LogP contribution in [-0.4, -0.2) is 44.9 Å². The molecule has 0 N–H and O–H groups in total. The Morgan fingerprint density at radius 1 is 1.06 bits per heavy atom. The lowest BCUT2D eigenvalue weighted by atomic mass is 10.6. The van der Waals surface area contributed by atoms with Crippen molar-refractivity contribution in [2.24, 2.45) is 4.40 Å². The lowest BCUT2D eigenvalue weighted by Crippen LogP contribution is -2.54. The highest BCUT2D eigenvalue weighted by atomic mass is 32.2. The van der Waals surface area contributed by atoms with E-state index in [9.17, 15) is 0 Å². The zero-order chi connectivity index (χ0) is 13.9. The summed E-state index contributed by atoms with van der Waals surface area (Å²) in [6.45, 7) is 13.9. The van der Waals surface area contributed by atoms with Gasteiger partial charge in [0.25, 0.3) is 0 Å². The second-order valence-corrected chi connectivity index (χ2v) is 17.5. The highest BCUT2D eigenvalue weighted by molar-refractivity contribution is 7.98. The van der Waals surface area contributed by atoms with Crippen molar-refractivity contribution in [2.75, 3.05) is 14.1 Å². The van der Waals surface area contributed by atoms with Crippen molar-refractivity contribution in [1.82, 2.24) is 8.54 Å². The number of hydrogen-bond donors (Lipinski definition) is 0. The summed E-state index contributed by atoms with van der Waals surface area (Å²) in [5, 5.41) is 8.98. The smallest absolute Gasteiger partial charge is 0.216 e. The molecule has 0 aromatic rings. The Labute approximate surface area is 112 Å². The van der Waals surface area contributed by atoms with Gasteiger partial charge in [-0.15, -0.1) is 0 Å². The van der Waals surface area contributed by atoms with Crippen LogP contribution >= 0.6 is 12.1 Å². The summed E-state index contributed by atoms with van der Waals surface area (Å²) >= 11 is 1.48. The van der Waals surface area contributed by atoms with Crippen LogP contribution in [0.25, 0.3) is 0 Å². The second-order valence-electron chi connectivity index (χ2n) is 6.14. The van der Waals surface area contributed by atoms with Gasteiger partial charge in [-0.2, -0.15) is 9.66 Å². The van der Waals surface area contributed by atoms with Gasteiger partial charge in [0, 0.05) is 14.1 Å². The van der Waals surface area contributed by atoms with Crippen molar-refractivity contribution in [3.8, 4) is 6.07 Å². The van der Waals surface area contributed by atoms with Gasteiger partial charge in [0.2, 0.25) is 5.84 Å². The molecule has 0 rings (SSSR count). The van der Waals surface area contributed by atoms with E-state index in [4.69, 9.17) is 5.26 Å². The highest BCUT2D eigenvalue weighted by Gasteiger charge is 2.35. The fourth-order valence-corrected chi connectivity index (χ4v) is 12.2. The molecule has 7 heteroatoms. The lowest BCUT2D eigenvalue weighted by molar-refractivity contribution is 0.630. The van der Waals surface area contributed by atoms with Gasteiger partial charge < -0.3 is 4.90 Å². The Kier molecular flexibility index (Phi) is 5.94. The van der Waals surface area contributed by atoms with Gasteiger partial charge in [0.15, 0.2) is 0 Å². The summed E-state index contributed by atoms with van der Waals surface area (Å²) in [7, 11) is 0.860. The first kappa shape index (κ1) is 16.7. The standard InChI is InChI=1S/C10H24N4SSi2/c1-13(2)10(9-11)12-15-14(16(3,4)5)17(6,7)8/h1-8H3/b12-10+. The van der Waals surface area contributed by atoms with Crippen molar-refractivity contribution in [3.63, 3.8) is 0 Å². The quantitative estimate of drug-likeness (QED) is 0.345. The molecular weight excluding hydrogens is 264 g/mol. The van der Waals surface area contributed by atoms with E-state index in [1.165, 1.54) is 12.1 Å². The van der Waals surface area contributed by atoms with Crippen LogP contribution in [0.15, 0.2) is 4.40 Å². The molecule has 4 nitrogen and oxygen atoms in total. The van der Waals surface area contributed by atoms with Crippen LogP contribution in [0.2, 0.25) is 39.3 Å². The van der Waals surface area contributed by atoms with Crippen LogP contribution in [0.3, 0.4) is 0 Å². The molecule has 0 fully saturated rings. The molecule has 0 atom stereocenters. The van der Waals surface area contributed by atoms with Crippen molar-refractivity contribution >= 4 is 34.4 Å². The molecule has 0 aliphatic heterocycles. The van der Waals surface area contributed by atoms with Crippen LogP contribution in [0, 0.1) is 11.3 Å². The Bertz CT molecular complexity index is 309. The van der Waals surface area contributed by atoms with Gasteiger partial charge in [0.05, 0.1) is 12.1 Å². The Morgan fingerprint density at radius 3 is 1.71 bits per heavy atom. The molecule has 0 saturated carbocycles. The fourth-order valence-electron chi connectivity index (χ4n) is 1.53. The molecule has 0 aliphatic carbocycles. The Morgan fingerprint density at radius 2 is 1.47 bits per heavy atom. The van der Waals surface area contributed by atoms with Crippen LogP contribution in [0.1, 0.15) is 0 Å². The first-order chi connectivity index (χ1) is 7.50. The Balaban J connectivity index is 5.00. The summed E-state index contributed by atoms with van der Waals surface area (Å²) in [6.07, 6.45) is 0. The van der Waals surface area contributed by atoms with E-state index in [1.807, 2.05) is 14.1 Å². The molecule has 0 radical (unpaired) electrons. The van der Waals surface area contributed by atoms with E-state index in [2.05, 4.69) is 53.4 Å². The molecule has 98 valence electrons. The van der Waals surface area contributed by atoms with Gasteiger partial charge in [-0.1, -0.05) is 39.3 Å². The van der Waals surface area contributed by atoms with E-state index in [1.54, 1.807) is 4.90 Å². The van der Waals surface area contributed by atoms with Crippen LogP contribution in [-0.2, 0) is 0 Å². The molecule has 0 saturated heterocycles. The first-order valence-corrected chi connectivity index (χ1v) is 13.3. The van der Waals surface area contributed by atoms with Crippen molar-refractivity contribution in [2.45, 2.75) is 39.3 Å². The molecular formula is C10H24N4SSi2. The van der Waals surface area contributed by atoms with Crippen LogP contribution < -0.4 is 0 Å². The number of nitriles is 1. The van der Waals surface area contributed by atoms with Crippen molar-refractivity contribution in [3.05, 3.63) is 0 Å². The summed E-state index contributed by atoms with van der Waals surface area (Å²) in [5.74, 6) is 0.469. The van der Waals surface area contributed by atoms with E-state index in [-0.39, 0.29) is 0 Å². The van der Waals surface area contributed by atoms with E-state index < -0.39 is 16.5 Å². The maximum atomic E-state index is 8.98. The van der Waals surface area contributed by atoms with Crippen molar-refractivity contribution in [1.29, 1.82) is 5.26 Å². The zero-order valence-electron chi connectivity index (χ0n) is 12.2. The minimum absolute atomic E-state index is 0.469. The summed E-state index contributed by atoms with van der Waals surface area (Å²) in [5.41, 5.74) is 0. The fraction of sp³-hybridized carbons (Fsp3) is 0.800. The molecule has 0 spiro atoms. The van der Waals surface area contributed by atoms with Crippen LogP contribution in [0.4, 0.5) is 0 Å². The minimum Gasteiger partial charge on any atom is -0.353 e. The lowest BCUT2D eigenvalue weighted by Gasteiger charge is -2.40. The molecule has 0 aromatic heterocycles. The van der Waals surface area contributed by atoms with E-state index in [0.29, 0.717) is 5.84 Å². The number of amidine groups is 1. The molecule has 0 unspecified atom stereocenters. The highest BCUT2D eigenvalue weighted by Crippen LogP contribution is 2.29. The van der Waals surface area contributed by atoms with Crippen LogP contribution in [0.5, 0.6) is 0 Å². The maximum Gasteiger partial charge on any atom is 0.216 e. The summed E-state index contributed by atoms with van der Waals surface area (Å²) in [6, 6.07) is 2.12. The van der Waals surface area contributed by atoms with Gasteiger partial charge in [0.1, 0.15) is 22.5 Å². The van der Waals surface area contributed by atoms with E-state index in [0.717, 1.165) is 0 Å². The van der Waals surface area contributed by atoms with Gasteiger partial charge in [-0.3, -0.25) is 3.64 Å². The third-order valence-corrected chi connectivity index (χ3v) is 12.6.